The van der Waals surface area contributed by atoms with E-state index in [1.807, 2.05) is 0 Å². The first kappa shape index (κ1) is 26.4. The molecule has 7 nitrogen and oxygen atoms in total. The van der Waals surface area contributed by atoms with E-state index in [2.05, 4.69) is 5.32 Å². The van der Waals surface area contributed by atoms with Crippen LogP contribution >= 0.6 is 34.8 Å². The fraction of sp³-hybridized carbons (Fsp3) is 0.214. The number of ketones is 1. The SMILES string of the molecule is CC(=O)c1ccc(N2C(=O)C3C(c4cc(Cl)cc(Cl)c4Cl)NC(Cc4ccccc4)(C(=O)O)C3C2=O)cc1. The molecule has 2 N–H and O–H groups in total. The third kappa shape index (κ3) is 4.20. The van der Waals surface area contributed by atoms with E-state index < -0.39 is 41.2 Å². The quantitative estimate of drug-likeness (QED) is 0.234. The third-order valence-corrected chi connectivity index (χ3v) is 8.28. The molecule has 10 heteroatoms. The smallest absolute Gasteiger partial charge is 0.325 e. The topological polar surface area (TPSA) is 104 Å². The zero-order valence-electron chi connectivity index (χ0n) is 20.0. The van der Waals surface area contributed by atoms with Gasteiger partial charge in [0.1, 0.15) is 5.54 Å². The predicted octanol–water partition coefficient (Wildman–Crippen LogP) is 5.37. The minimum atomic E-state index is -1.84. The van der Waals surface area contributed by atoms with E-state index in [-0.39, 0.29) is 33.0 Å². The van der Waals surface area contributed by atoms with Crippen LogP contribution in [-0.2, 0) is 20.8 Å². The summed E-state index contributed by atoms with van der Waals surface area (Å²) in [6, 6.07) is 16.9. The molecular weight excluding hydrogens is 551 g/mol. The van der Waals surface area contributed by atoms with Gasteiger partial charge in [-0.05, 0) is 54.4 Å². The van der Waals surface area contributed by atoms with Crippen molar-refractivity contribution in [2.75, 3.05) is 4.90 Å². The summed E-state index contributed by atoms with van der Waals surface area (Å²) in [6.07, 6.45) is -0.0666. The van der Waals surface area contributed by atoms with Gasteiger partial charge >= 0.3 is 5.97 Å². The highest BCUT2D eigenvalue weighted by atomic mass is 35.5. The van der Waals surface area contributed by atoms with Gasteiger partial charge in [-0.15, -0.1) is 0 Å². The van der Waals surface area contributed by atoms with Gasteiger partial charge in [-0.25, -0.2) is 4.90 Å². The summed E-state index contributed by atoms with van der Waals surface area (Å²) in [6.45, 7) is 1.41. The van der Waals surface area contributed by atoms with Crippen LogP contribution < -0.4 is 10.2 Å². The molecule has 5 rings (SSSR count). The molecule has 2 aliphatic heterocycles. The number of imide groups is 1. The number of carbonyl (C=O) groups is 4. The number of carboxylic acids is 1. The fourth-order valence-corrected chi connectivity index (χ4v) is 6.26. The van der Waals surface area contributed by atoms with Crippen LogP contribution in [-0.4, -0.2) is 34.2 Å². The molecule has 0 aliphatic carbocycles. The summed E-state index contributed by atoms with van der Waals surface area (Å²) >= 11 is 19.1. The van der Waals surface area contributed by atoms with E-state index in [1.165, 1.54) is 43.3 Å². The van der Waals surface area contributed by atoms with Gasteiger partial charge in [0.2, 0.25) is 11.8 Å². The molecule has 2 saturated heterocycles. The van der Waals surface area contributed by atoms with Crippen LogP contribution in [0.4, 0.5) is 5.69 Å². The average Bonchev–Trinajstić information content (AvgIpc) is 3.36. The van der Waals surface area contributed by atoms with Gasteiger partial charge in [0.25, 0.3) is 0 Å². The summed E-state index contributed by atoms with van der Waals surface area (Å²) in [4.78, 5) is 53.7. The number of nitrogens with zero attached hydrogens (tertiary/aromatic N) is 1. The zero-order valence-corrected chi connectivity index (χ0v) is 22.2. The summed E-state index contributed by atoms with van der Waals surface area (Å²) in [5, 5.41) is 14.2. The molecule has 0 radical (unpaired) electrons. The predicted molar refractivity (Wildman–Crippen MR) is 144 cm³/mol. The fourth-order valence-electron chi connectivity index (χ4n) is 5.52. The molecule has 0 bridgehead atoms. The highest BCUT2D eigenvalue weighted by molar-refractivity contribution is 6.43. The number of amides is 2. The van der Waals surface area contributed by atoms with Gasteiger partial charge in [0, 0.05) is 23.0 Å². The van der Waals surface area contributed by atoms with Crippen LogP contribution in [0.5, 0.6) is 0 Å². The average molecular weight is 572 g/mol. The molecule has 4 atom stereocenters. The number of carbonyl (C=O) groups excluding carboxylic acids is 3. The van der Waals surface area contributed by atoms with Crippen molar-refractivity contribution in [3.63, 3.8) is 0 Å². The number of rotatable bonds is 6. The lowest BCUT2D eigenvalue weighted by molar-refractivity contribution is -0.148. The van der Waals surface area contributed by atoms with Crippen molar-refractivity contribution in [3.8, 4) is 0 Å². The second-order valence-electron chi connectivity index (χ2n) is 9.47. The van der Waals surface area contributed by atoms with Crippen LogP contribution in [0.25, 0.3) is 0 Å². The maximum Gasteiger partial charge on any atom is 0.325 e. The van der Waals surface area contributed by atoms with Crippen LogP contribution in [0.3, 0.4) is 0 Å². The number of aliphatic carboxylic acids is 1. The molecule has 0 saturated carbocycles. The van der Waals surface area contributed by atoms with Gasteiger partial charge in [0.05, 0.1) is 27.6 Å². The molecule has 2 aliphatic rings. The Hall–Kier alpha value is -3.23. The zero-order chi connectivity index (χ0) is 27.4. The molecule has 0 aromatic heterocycles. The number of benzene rings is 3. The largest absolute Gasteiger partial charge is 0.480 e. The number of halogens is 3. The number of fused-ring (bicyclic) bond motifs is 1. The Morgan fingerprint density at radius 3 is 2.24 bits per heavy atom. The Bertz CT molecular complexity index is 1480. The molecule has 0 spiro atoms. The van der Waals surface area contributed by atoms with E-state index in [4.69, 9.17) is 34.8 Å². The summed E-state index contributed by atoms with van der Waals surface area (Å²) in [5.74, 6) is -5.07. The third-order valence-electron chi connectivity index (χ3n) is 7.25. The monoisotopic (exact) mass is 570 g/mol. The summed E-state index contributed by atoms with van der Waals surface area (Å²) in [5.41, 5.74) is -0.189. The van der Waals surface area contributed by atoms with Crippen molar-refractivity contribution < 1.29 is 24.3 Å². The van der Waals surface area contributed by atoms with Crippen molar-refractivity contribution in [2.45, 2.75) is 24.9 Å². The number of nitrogens with one attached hydrogen (secondary N) is 1. The molecular formula is C28H21Cl3N2O5. The number of hydrogen-bond acceptors (Lipinski definition) is 5. The highest BCUT2D eigenvalue weighted by Crippen LogP contribution is 2.52. The molecule has 2 heterocycles. The van der Waals surface area contributed by atoms with Crippen molar-refractivity contribution in [1.29, 1.82) is 0 Å². The second-order valence-corrected chi connectivity index (χ2v) is 10.7. The summed E-state index contributed by atoms with van der Waals surface area (Å²) in [7, 11) is 0. The van der Waals surface area contributed by atoms with Crippen molar-refractivity contribution in [3.05, 3.63) is 98.5 Å². The number of hydrogen-bond donors (Lipinski definition) is 2. The Balaban J connectivity index is 1.68. The lowest BCUT2D eigenvalue weighted by Crippen LogP contribution is -2.57. The first-order chi connectivity index (χ1) is 18.0. The maximum atomic E-state index is 14.0. The van der Waals surface area contributed by atoms with E-state index in [0.29, 0.717) is 16.7 Å². The first-order valence-electron chi connectivity index (χ1n) is 11.7. The van der Waals surface area contributed by atoms with Crippen LogP contribution in [0, 0.1) is 11.8 Å². The van der Waals surface area contributed by atoms with Gasteiger partial charge in [0.15, 0.2) is 5.78 Å². The second kappa shape index (κ2) is 9.82. The molecule has 2 fully saturated rings. The van der Waals surface area contributed by atoms with Gasteiger partial charge in [-0.3, -0.25) is 24.5 Å². The molecule has 4 unspecified atom stereocenters. The standard InChI is InChI=1S/C28H21Cl3N2O5/c1-14(34)16-7-9-18(10-8-16)33-25(35)21-22(26(33)36)28(27(37)38,13-15-5-3-2-4-6-15)32-24(21)19-11-17(29)12-20(30)23(19)31/h2-12,21-22,24,32H,13H2,1H3,(H,37,38). The summed E-state index contributed by atoms with van der Waals surface area (Å²) < 4.78 is 0. The Kier molecular flexibility index (Phi) is 6.82. The minimum Gasteiger partial charge on any atom is -0.480 e. The van der Waals surface area contributed by atoms with E-state index >= 15 is 0 Å². The maximum absolute atomic E-state index is 14.0. The lowest BCUT2D eigenvalue weighted by atomic mass is 9.76. The molecule has 38 heavy (non-hydrogen) atoms. The van der Waals surface area contributed by atoms with E-state index in [1.54, 1.807) is 30.3 Å². The number of anilines is 1. The Morgan fingerprint density at radius 2 is 1.63 bits per heavy atom. The van der Waals surface area contributed by atoms with Crippen molar-refractivity contribution in [2.24, 2.45) is 11.8 Å². The normalized spacial score (nSPS) is 24.5. The van der Waals surface area contributed by atoms with Gasteiger partial charge in [-0.1, -0.05) is 65.1 Å². The minimum absolute atomic E-state index is 0.0666. The highest BCUT2D eigenvalue weighted by Gasteiger charge is 2.68. The van der Waals surface area contributed by atoms with Crippen LogP contribution in [0.2, 0.25) is 15.1 Å². The number of carboxylic acid groups (broad SMARTS) is 1. The first-order valence-corrected chi connectivity index (χ1v) is 12.9. The lowest BCUT2D eigenvalue weighted by Gasteiger charge is -2.31. The molecule has 3 aromatic carbocycles. The Labute approximate surface area is 233 Å². The van der Waals surface area contributed by atoms with Gasteiger partial charge < -0.3 is 5.11 Å². The van der Waals surface area contributed by atoms with Crippen LogP contribution in [0.1, 0.15) is 34.5 Å². The van der Waals surface area contributed by atoms with Crippen molar-refractivity contribution in [1.82, 2.24) is 5.32 Å². The molecule has 2 amide bonds. The molecule has 3 aromatic rings. The van der Waals surface area contributed by atoms with E-state index in [0.717, 1.165) is 4.90 Å². The van der Waals surface area contributed by atoms with Crippen molar-refractivity contribution >= 4 is 64.1 Å². The molecule has 194 valence electrons. The van der Waals surface area contributed by atoms with Crippen LogP contribution in [0.15, 0.2) is 66.7 Å². The van der Waals surface area contributed by atoms with E-state index in [9.17, 15) is 24.3 Å². The Morgan fingerprint density at radius 1 is 0.974 bits per heavy atom. The number of Topliss-reactive ketones (excluding diaryl/α,β-unsaturated/α-hetero) is 1. The van der Waals surface area contributed by atoms with Gasteiger partial charge in [-0.2, -0.15) is 0 Å².